The second-order valence-corrected chi connectivity index (χ2v) is 9.36. The van der Waals surface area contributed by atoms with Gasteiger partial charge in [-0.1, -0.05) is 73.2 Å². The number of rotatable bonds is 7. The third-order valence-corrected chi connectivity index (χ3v) is 6.71. The summed E-state index contributed by atoms with van der Waals surface area (Å²) in [5, 5.41) is 4.73. The monoisotopic (exact) mass is 460 g/mol. The number of amides is 1. The molecule has 1 amide bonds. The van der Waals surface area contributed by atoms with E-state index in [1.54, 1.807) is 23.6 Å². The second-order valence-electron chi connectivity index (χ2n) is 6.29. The van der Waals surface area contributed by atoms with E-state index in [4.69, 9.17) is 33.3 Å². The van der Waals surface area contributed by atoms with E-state index in [9.17, 15) is 9.59 Å². The maximum atomic E-state index is 12.0. The van der Waals surface area contributed by atoms with Gasteiger partial charge in [0.1, 0.15) is 12.4 Å². The van der Waals surface area contributed by atoms with Crippen LogP contribution in [0.1, 0.15) is 18.1 Å². The molecule has 0 saturated heterocycles. The molecular weight excluding hydrogens is 442 g/mol. The molecule has 0 bridgehead atoms. The Hall–Kier alpha value is -2.61. The summed E-state index contributed by atoms with van der Waals surface area (Å²) in [5.74, 6) is -0.157. The highest BCUT2D eigenvalue weighted by molar-refractivity contribution is 8.19. The molecule has 0 spiro atoms. The number of thiocarbonyl (C=S) groups is 1. The van der Waals surface area contributed by atoms with Crippen molar-refractivity contribution in [2.75, 3.05) is 6.61 Å². The van der Waals surface area contributed by atoms with Crippen molar-refractivity contribution in [2.24, 2.45) is 0 Å². The summed E-state index contributed by atoms with van der Waals surface area (Å²) in [6.45, 7) is 1.86. The highest BCUT2D eigenvalue weighted by Gasteiger charge is 2.08. The maximum Gasteiger partial charge on any atom is 0.344 e. The van der Waals surface area contributed by atoms with E-state index in [0.717, 1.165) is 10.4 Å². The minimum absolute atomic E-state index is 0.183. The first kappa shape index (κ1) is 22.1. The molecule has 2 aromatic rings. The first-order valence-corrected chi connectivity index (χ1v) is 11.1. The lowest BCUT2D eigenvalue weighted by molar-refractivity contribution is -0.147. The summed E-state index contributed by atoms with van der Waals surface area (Å²) in [7, 11) is -0.537. The van der Waals surface area contributed by atoms with Crippen molar-refractivity contribution in [1.29, 1.82) is 0 Å². The van der Waals surface area contributed by atoms with E-state index >= 15 is 0 Å². The fourth-order valence-electron chi connectivity index (χ4n) is 2.56. The molecule has 3 rings (SSSR count). The second kappa shape index (κ2) is 10.4. The van der Waals surface area contributed by atoms with Crippen LogP contribution in [0.4, 0.5) is 0 Å². The third-order valence-electron chi connectivity index (χ3n) is 4.05. The van der Waals surface area contributed by atoms with E-state index in [1.165, 1.54) is 0 Å². The Morgan fingerprint density at radius 1 is 1.23 bits per heavy atom. The quantitative estimate of drug-likeness (QED) is 0.296. The highest BCUT2D eigenvalue weighted by Crippen LogP contribution is 2.24. The molecule has 0 saturated carbocycles. The summed E-state index contributed by atoms with van der Waals surface area (Å²) in [6.07, 6.45) is 3.68. The van der Waals surface area contributed by atoms with Crippen LogP contribution in [-0.4, -0.2) is 33.0 Å². The number of ether oxygens (including phenoxy) is 2. The van der Waals surface area contributed by atoms with Crippen molar-refractivity contribution in [3.63, 3.8) is 0 Å². The van der Waals surface area contributed by atoms with Crippen LogP contribution in [-0.2, 0) is 31.0 Å². The molecule has 1 aliphatic rings. The van der Waals surface area contributed by atoms with E-state index in [1.807, 2.05) is 49.4 Å². The molecule has 2 aromatic carbocycles. The molecule has 1 heterocycles. The molecule has 0 unspecified atom stereocenters. The predicted molar refractivity (Wildman–Crippen MR) is 127 cm³/mol. The largest absolute Gasteiger partial charge is 0.481 e. The van der Waals surface area contributed by atoms with Crippen molar-refractivity contribution in [3.05, 3.63) is 70.8 Å². The standard InChI is InChI=1S/C22H19ClNO4S2/c1-15(30-14-20(25)24-22(30)29)7-8-17-11-18(23)9-10-19(17)27-13-21(26)28-12-16-5-3-2-4-6-16/h2-11,14H,12-13H2,1H3,(H,24,25,29)/q-1. The van der Waals surface area contributed by atoms with Gasteiger partial charge in [-0.3, -0.25) is 4.79 Å². The Labute approximate surface area is 187 Å². The van der Waals surface area contributed by atoms with Gasteiger partial charge in [-0.05, 0) is 28.1 Å². The number of carbonyl (C=O) groups is 2. The van der Waals surface area contributed by atoms with Gasteiger partial charge in [0.2, 0.25) is 5.91 Å². The van der Waals surface area contributed by atoms with Crippen molar-refractivity contribution in [2.45, 2.75) is 13.5 Å². The summed E-state index contributed by atoms with van der Waals surface area (Å²) in [4.78, 5) is 24.4. The molecule has 0 aliphatic carbocycles. The van der Waals surface area contributed by atoms with E-state index in [2.05, 4.69) is 5.32 Å². The summed E-state index contributed by atoms with van der Waals surface area (Å²) in [5.41, 5.74) is 1.60. The molecule has 0 radical (unpaired) electrons. The summed E-state index contributed by atoms with van der Waals surface area (Å²) < 4.78 is 11.4. The Balaban J connectivity index is 1.67. The molecule has 0 aromatic heterocycles. The van der Waals surface area contributed by atoms with Crippen LogP contribution in [0.15, 0.2) is 54.6 Å². The maximum absolute atomic E-state index is 12.0. The first-order valence-electron chi connectivity index (χ1n) is 8.99. The number of hydrogen-bond donors (Lipinski definition) is 1. The van der Waals surface area contributed by atoms with E-state index < -0.39 is 16.0 Å². The van der Waals surface area contributed by atoms with Crippen molar-refractivity contribution >= 4 is 66.4 Å². The Kier molecular flexibility index (Phi) is 7.68. The average Bonchev–Trinajstić information content (AvgIpc) is 3.08. The van der Waals surface area contributed by atoms with Crippen LogP contribution in [0.5, 0.6) is 5.75 Å². The number of esters is 1. The molecule has 5 nitrogen and oxygen atoms in total. The molecule has 1 aliphatic heterocycles. The molecule has 30 heavy (non-hydrogen) atoms. The van der Waals surface area contributed by atoms with Gasteiger partial charge < -0.3 is 24.9 Å². The van der Waals surface area contributed by atoms with Gasteiger partial charge in [-0.15, -0.1) is 5.37 Å². The van der Waals surface area contributed by atoms with Crippen LogP contribution >= 0.6 is 23.8 Å². The third kappa shape index (κ3) is 6.19. The molecule has 8 heteroatoms. The fourth-order valence-corrected chi connectivity index (χ4v) is 4.67. The Morgan fingerprint density at radius 3 is 2.70 bits per heavy atom. The summed E-state index contributed by atoms with van der Waals surface area (Å²) in [6, 6.07) is 14.5. The van der Waals surface area contributed by atoms with Gasteiger partial charge in [0.15, 0.2) is 6.61 Å². The fraction of sp³-hybridized carbons (Fsp3) is 0.136. The van der Waals surface area contributed by atoms with Crippen LogP contribution in [0.3, 0.4) is 0 Å². The number of hydrogen-bond acceptors (Lipinski definition) is 6. The normalized spacial score (nSPS) is 16.2. The number of carbonyl (C=O) groups excluding carboxylic acids is 2. The van der Waals surface area contributed by atoms with Gasteiger partial charge in [0, 0.05) is 10.6 Å². The number of nitrogens with one attached hydrogen (secondary N) is 1. The molecule has 1 N–H and O–H groups in total. The van der Waals surface area contributed by atoms with Gasteiger partial charge in [-0.2, -0.15) is 4.86 Å². The topological polar surface area (TPSA) is 64.6 Å². The summed E-state index contributed by atoms with van der Waals surface area (Å²) >= 11 is 11.3. The minimum atomic E-state index is -0.537. The van der Waals surface area contributed by atoms with Crippen LogP contribution in [0, 0.1) is 0 Å². The lowest BCUT2D eigenvalue weighted by Gasteiger charge is -2.12. The van der Waals surface area contributed by atoms with Crippen molar-refractivity contribution in [3.8, 4) is 5.75 Å². The van der Waals surface area contributed by atoms with Crippen molar-refractivity contribution < 1.29 is 19.1 Å². The van der Waals surface area contributed by atoms with E-state index in [0.29, 0.717) is 20.7 Å². The zero-order chi connectivity index (χ0) is 21.5. The number of halogens is 1. The zero-order valence-corrected chi connectivity index (χ0v) is 18.5. The van der Waals surface area contributed by atoms with Crippen LogP contribution < -0.4 is 10.1 Å². The highest BCUT2D eigenvalue weighted by atomic mass is 35.5. The first-order chi connectivity index (χ1) is 14.4. The van der Waals surface area contributed by atoms with E-state index in [-0.39, 0.29) is 19.1 Å². The van der Waals surface area contributed by atoms with Gasteiger partial charge in [-0.25, -0.2) is 4.79 Å². The molecule has 156 valence electrons. The smallest absolute Gasteiger partial charge is 0.344 e. The lowest BCUT2D eigenvalue weighted by Crippen LogP contribution is -2.21. The Morgan fingerprint density at radius 2 is 2.00 bits per heavy atom. The van der Waals surface area contributed by atoms with Crippen LogP contribution in [0.25, 0.3) is 6.08 Å². The zero-order valence-electron chi connectivity index (χ0n) is 16.1. The minimum Gasteiger partial charge on any atom is -0.481 e. The van der Waals surface area contributed by atoms with Gasteiger partial charge >= 0.3 is 5.97 Å². The predicted octanol–water partition coefficient (Wildman–Crippen LogP) is 3.50. The lowest BCUT2D eigenvalue weighted by atomic mass is 10.2. The average molecular weight is 461 g/mol. The Bertz CT molecular complexity index is 1100. The molecule has 0 fully saturated rings. The van der Waals surface area contributed by atoms with Crippen LogP contribution in [0.2, 0.25) is 5.02 Å². The SMILES string of the molecule is CC(C=Cc1cc(Cl)ccc1OCC(=O)OCc1ccccc1)=[S-]1=CC(=O)NC1=S. The molecular formula is C22H19ClNO4S2-. The van der Waals surface area contributed by atoms with Crippen molar-refractivity contribution in [1.82, 2.24) is 5.32 Å². The number of allylic oxidation sites excluding steroid dienone is 1. The number of benzene rings is 2. The van der Waals surface area contributed by atoms with Gasteiger partial charge in [0.05, 0.1) is 0 Å². The molecule has 0 atom stereocenters. The van der Waals surface area contributed by atoms with Gasteiger partial charge in [0.25, 0.3) is 0 Å².